The number of hydrogen-bond acceptors (Lipinski definition) is 2. The second kappa shape index (κ2) is 13.0. The van der Waals surface area contributed by atoms with Crippen molar-refractivity contribution in [1.82, 2.24) is 4.90 Å². The number of hydrogen-bond donors (Lipinski definition) is 0. The molecule has 0 radical (unpaired) electrons. The van der Waals surface area contributed by atoms with Crippen LogP contribution < -0.4 is 0 Å². The Morgan fingerprint density at radius 1 is 1.00 bits per heavy atom. The molecule has 0 fully saturated rings. The van der Waals surface area contributed by atoms with Gasteiger partial charge in [-0.2, -0.15) is 0 Å². The van der Waals surface area contributed by atoms with E-state index in [0.717, 1.165) is 12.0 Å². The topological polar surface area (TPSA) is 37.4 Å². The van der Waals surface area contributed by atoms with E-state index in [1.54, 1.807) is 4.90 Å². The summed E-state index contributed by atoms with van der Waals surface area (Å²) in [6, 6.07) is 8.61. The first-order valence-corrected chi connectivity index (χ1v) is 12.4. The molecule has 0 aromatic heterocycles. The van der Waals surface area contributed by atoms with Crippen LogP contribution in [0.5, 0.6) is 0 Å². The highest BCUT2D eigenvalue weighted by Crippen LogP contribution is 2.33. The molecule has 28 heavy (non-hydrogen) atoms. The van der Waals surface area contributed by atoms with E-state index in [1.807, 2.05) is 0 Å². The standard InChI is InChI=1S/C24H40NO2P/c1-7-8-9-10-11-12-13-21-14-16-22(17-15-21)23(20(4)5)25(18-19(2)3)24(26)28(6)27/h14-17,19-20,23H,6-13,18H2,1-5H3. The largest absolute Gasteiger partial charge is 0.325 e. The van der Waals surface area contributed by atoms with E-state index in [2.05, 4.69) is 65.2 Å². The highest BCUT2D eigenvalue weighted by molar-refractivity contribution is 7.61. The fourth-order valence-corrected chi connectivity index (χ4v) is 4.26. The van der Waals surface area contributed by atoms with Crippen molar-refractivity contribution in [1.29, 1.82) is 0 Å². The third-order valence-corrected chi connectivity index (χ3v) is 5.81. The van der Waals surface area contributed by atoms with Crippen LogP contribution in [0, 0.1) is 11.8 Å². The number of nitrogens with zero attached hydrogens (tertiary/aromatic N) is 1. The van der Waals surface area contributed by atoms with Crippen molar-refractivity contribution in [3.05, 3.63) is 35.4 Å². The molecule has 0 N–H and O–H groups in total. The number of amides is 1. The number of unbranched alkanes of at least 4 members (excludes halogenated alkanes) is 5. The Kier molecular flexibility index (Phi) is 11.5. The van der Waals surface area contributed by atoms with Gasteiger partial charge in [-0.05, 0) is 42.1 Å². The minimum absolute atomic E-state index is 0.0707. The molecule has 1 aromatic carbocycles. The van der Waals surface area contributed by atoms with E-state index in [9.17, 15) is 9.36 Å². The normalized spacial score (nSPS) is 13.0. The van der Waals surface area contributed by atoms with E-state index in [4.69, 9.17) is 0 Å². The van der Waals surface area contributed by atoms with Gasteiger partial charge in [0.15, 0.2) is 7.42 Å². The fraction of sp³-hybridized carbons (Fsp3) is 0.667. The summed E-state index contributed by atoms with van der Waals surface area (Å²) in [4.78, 5) is 14.4. The van der Waals surface area contributed by atoms with Crippen molar-refractivity contribution in [3.63, 3.8) is 0 Å². The molecule has 2 unspecified atom stereocenters. The molecule has 4 heteroatoms. The lowest BCUT2D eigenvalue weighted by Crippen LogP contribution is -2.37. The van der Waals surface area contributed by atoms with Gasteiger partial charge in [0, 0.05) is 6.54 Å². The van der Waals surface area contributed by atoms with E-state index in [1.165, 1.54) is 44.1 Å². The number of aryl methyl sites for hydroxylation is 1. The van der Waals surface area contributed by atoms with Crippen molar-refractivity contribution in [2.75, 3.05) is 6.54 Å². The molecule has 0 heterocycles. The average Bonchev–Trinajstić information content (AvgIpc) is 2.64. The summed E-state index contributed by atoms with van der Waals surface area (Å²) >= 11 is 0. The Morgan fingerprint density at radius 2 is 1.57 bits per heavy atom. The Bertz CT molecular complexity index is 639. The lowest BCUT2D eigenvalue weighted by molar-refractivity contribution is 0.165. The van der Waals surface area contributed by atoms with Gasteiger partial charge in [0.05, 0.1) is 6.04 Å². The molecule has 2 atom stereocenters. The SMILES string of the molecule is C=P(=O)C(=O)N(CC(C)C)C(c1ccc(CCCCCCCC)cc1)C(C)C. The molecular formula is C24H40NO2P. The van der Waals surface area contributed by atoms with Crippen LogP contribution in [-0.4, -0.2) is 23.4 Å². The third kappa shape index (κ3) is 8.35. The Balaban J connectivity index is 2.85. The van der Waals surface area contributed by atoms with Crippen molar-refractivity contribution in [2.45, 2.75) is 85.6 Å². The van der Waals surface area contributed by atoms with Crippen molar-refractivity contribution < 1.29 is 9.36 Å². The zero-order valence-corrected chi connectivity index (χ0v) is 19.5. The van der Waals surface area contributed by atoms with E-state index < -0.39 is 7.42 Å². The average molecular weight is 406 g/mol. The smallest absolute Gasteiger partial charge is 0.307 e. The molecule has 0 saturated heterocycles. The summed E-state index contributed by atoms with van der Waals surface area (Å²) in [5, 5.41) is 0. The molecule has 0 aliphatic rings. The summed E-state index contributed by atoms with van der Waals surface area (Å²) in [6.45, 7) is 11.2. The van der Waals surface area contributed by atoms with Crippen LogP contribution in [0.25, 0.3) is 0 Å². The highest BCUT2D eigenvalue weighted by Gasteiger charge is 2.29. The molecule has 1 aromatic rings. The van der Waals surface area contributed by atoms with Crippen LogP contribution in [0.15, 0.2) is 24.3 Å². The molecule has 158 valence electrons. The van der Waals surface area contributed by atoms with Gasteiger partial charge < -0.3 is 4.90 Å². The second-order valence-corrected chi connectivity index (χ2v) is 9.80. The van der Waals surface area contributed by atoms with Gasteiger partial charge in [0.2, 0.25) is 0 Å². The highest BCUT2D eigenvalue weighted by atomic mass is 31.1. The zero-order valence-electron chi connectivity index (χ0n) is 18.6. The first-order valence-electron chi connectivity index (χ1n) is 10.9. The molecule has 0 aliphatic heterocycles. The quantitative estimate of drug-likeness (QED) is 0.250. The summed E-state index contributed by atoms with van der Waals surface area (Å²) < 4.78 is 11.8. The maximum Gasteiger partial charge on any atom is 0.307 e. The zero-order chi connectivity index (χ0) is 21.1. The van der Waals surface area contributed by atoms with Gasteiger partial charge in [-0.25, -0.2) is 0 Å². The predicted molar refractivity (Wildman–Crippen MR) is 123 cm³/mol. The van der Waals surface area contributed by atoms with Crippen molar-refractivity contribution in [3.8, 4) is 0 Å². The monoisotopic (exact) mass is 405 g/mol. The van der Waals surface area contributed by atoms with Crippen LogP contribution in [0.1, 0.15) is 90.3 Å². The van der Waals surface area contributed by atoms with Gasteiger partial charge in [-0.1, -0.05) is 91.0 Å². The lowest BCUT2D eigenvalue weighted by Gasteiger charge is -2.35. The predicted octanol–water partition coefficient (Wildman–Crippen LogP) is 7.62. The van der Waals surface area contributed by atoms with Crippen LogP contribution in [-0.2, 0) is 11.0 Å². The van der Waals surface area contributed by atoms with E-state index in [0.29, 0.717) is 12.5 Å². The minimum Gasteiger partial charge on any atom is -0.325 e. The van der Waals surface area contributed by atoms with Crippen LogP contribution >= 0.6 is 7.42 Å². The first kappa shape index (κ1) is 24.7. The Morgan fingerprint density at radius 3 is 2.07 bits per heavy atom. The van der Waals surface area contributed by atoms with Crippen LogP contribution in [0.2, 0.25) is 0 Å². The van der Waals surface area contributed by atoms with Gasteiger partial charge in [0.1, 0.15) is 0 Å². The Labute approximate surface area is 173 Å². The first-order chi connectivity index (χ1) is 13.3. The van der Waals surface area contributed by atoms with E-state index in [-0.39, 0.29) is 17.6 Å². The lowest BCUT2D eigenvalue weighted by atomic mass is 9.92. The fourth-order valence-electron chi connectivity index (χ4n) is 3.76. The molecule has 3 nitrogen and oxygen atoms in total. The number of carbonyl (C=O) groups is 1. The Hall–Kier alpha value is -1.34. The second-order valence-electron chi connectivity index (χ2n) is 8.66. The number of carbonyl (C=O) groups excluding carboxylic acids is 1. The molecule has 0 spiro atoms. The molecular weight excluding hydrogens is 365 g/mol. The molecule has 0 aliphatic carbocycles. The van der Waals surface area contributed by atoms with Gasteiger partial charge in [-0.15, -0.1) is 0 Å². The van der Waals surface area contributed by atoms with Crippen LogP contribution in [0.4, 0.5) is 4.79 Å². The summed E-state index contributed by atoms with van der Waals surface area (Å²) in [6.07, 6.45) is 12.4. The van der Waals surface area contributed by atoms with Gasteiger partial charge in [0.25, 0.3) is 0 Å². The maximum absolute atomic E-state index is 12.6. The number of rotatable bonds is 13. The van der Waals surface area contributed by atoms with E-state index >= 15 is 0 Å². The summed E-state index contributed by atoms with van der Waals surface area (Å²) in [7, 11) is -2.11. The minimum atomic E-state index is -2.11. The molecule has 0 saturated carbocycles. The molecule has 0 bridgehead atoms. The van der Waals surface area contributed by atoms with Crippen molar-refractivity contribution in [2.24, 2.45) is 11.8 Å². The third-order valence-electron chi connectivity index (χ3n) is 5.13. The molecule has 1 rings (SSSR count). The summed E-state index contributed by atoms with van der Waals surface area (Å²) in [5.41, 5.74) is 2.14. The molecule has 1 amide bonds. The van der Waals surface area contributed by atoms with Gasteiger partial charge >= 0.3 is 5.65 Å². The van der Waals surface area contributed by atoms with Gasteiger partial charge in [-0.3, -0.25) is 9.36 Å². The number of benzene rings is 1. The summed E-state index contributed by atoms with van der Waals surface area (Å²) in [5.74, 6) is 0.550. The van der Waals surface area contributed by atoms with Crippen molar-refractivity contribution >= 4 is 19.4 Å². The van der Waals surface area contributed by atoms with Crippen LogP contribution in [0.3, 0.4) is 0 Å². The maximum atomic E-state index is 12.6.